The lowest BCUT2D eigenvalue weighted by Crippen LogP contribution is -2.52. The maximum Gasteiger partial charge on any atom is 0.317 e. The molecule has 4 heterocycles. The fraction of sp³-hybridized carbons (Fsp3) is 0.333. The van der Waals surface area contributed by atoms with Gasteiger partial charge in [-0.05, 0) is 12.1 Å². The molecule has 0 unspecified atom stereocenters. The molecular weight excluding hydrogens is 310 g/mol. The quantitative estimate of drug-likeness (QED) is 0.763. The number of piperazine rings is 1. The smallest absolute Gasteiger partial charge is 0.317 e. The molecule has 124 valence electrons. The lowest BCUT2D eigenvalue weighted by atomic mass is 10.3. The van der Waals surface area contributed by atoms with Crippen LogP contribution >= 0.6 is 0 Å². The van der Waals surface area contributed by atoms with E-state index in [1.807, 2.05) is 6.07 Å². The van der Waals surface area contributed by atoms with Crippen LogP contribution in [0.2, 0.25) is 0 Å². The second-order valence-corrected chi connectivity index (χ2v) is 5.51. The number of urea groups is 1. The van der Waals surface area contributed by atoms with Crippen LogP contribution in [-0.4, -0.2) is 56.7 Å². The maximum atomic E-state index is 12.2. The van der Waals surface area contributed by atoms with Crippen molar-refractivity contribution in [3.8, 4) is 0 Å². The number of anilines is 1. The van der Waals surface area contributed by atoms with Crippen molar-refractivity contribution < 1.29 is 9.21 Å². The Morgan fingerprint density at radius 1 is 1.25 bits per heavy atom. The van der Waals surface area contributed by atoms with Gasteiger partial charge in [0.2, 0.25) is 0 Å². The van der Waals surface area contributed by atoms with E-state index in [9.17, 15) is 4.79 Å². The molecule has 9 nitrogen and oxygen atoms in total. The SMILES string of the molecule is O=C(NCc1ccco1)N1CCN(c2cncc3ncnn23)CC1. The number of furan rings is 1. The number of hydrogen-bond donors (Lipinski definition) is 1. The van der Waals surface area contributed by atoms with Gasteiger partial charge < -0.3 is 19.5 Å². The molecule has 1 aliphatic rings. The zero-order valence-electron chi connectivity index (χ0n) is 13.0. The van der Waals surface area contributed by atoms with Crippen molar-refractivity contribution in [1.29, 1.82) is 0 Å². The number of carbonyl (C=O) groups is 1. The standard InChI is InChI=1S/C15H17N7O2/c23-15(17-8-12-2-1-7-24-12)21-5-3-20(4-6-21)14-10-16-9-13-18-11-19-22(13)14/h1-2,7,9-11H,3-6,8H2,(H,17,23). The third-order valence-electron chi connectivity index (χ3n) is 4.06. The summed E-state index contributed by atoms with van der Waals surface area (Å²) >= 11 is 0. The monoisotopic (exact) mass is 327 g/mol. The van der Waals surface area contributed by atoms with Gasteiger partial charge in [-0.3, -0.25) is 4.98 Å². The first-order valence-electron chi connectivity index (χ1n) is 7.75. The summed E-state index contributed by atoms with van der Waals surface area (Å²) in [6, 6.07) is 3.56. The van der Waals surface area contributed by atoms with Gasteiger partial charge in [0.1, 0.15) is 12.1 Å². The summed E-state index contributed by atoms with van der Waals surface area (Å²) in [5.41, 5.74) is 0.714. The molecule has 2 amide bonds. The predicted octanol–water partition coefficient (Wildman–Crippen LogP) is 0.749. The van der Waals surface area contributed by atoms with Crippen molar-refractivity contribution >= 4 is 17.5 Å². The van der Waals surface area contributed by atoms with Crippen molar-refractivity contribution in [3.63, 3.8) is 0 Å². The number of aromatic nitrogens is 4. The van der Waals surface area contributed by atoms with Gasteiger partial charge in [0.25, 0.3) is 0 Å². The minimum atomic E-state index is -0.0804. The third-order valence-corrected chi connectivity index (χ3v) is 4.06. The Hall–Kier alpha value is -3.10. The lowest BCUT2D eigenvalue weighted by molar-refractivity contribution is 0.193. The summed E-state index contributed by atoms with van der Waals surface area (Å²) in [5, 5.41) is 7.10. The fourth-order valence-corrected chi connectivity index (χ4v) is 2.78. The van der Waals surface area contributed by atoms with Crippen LogP contribution in [0.4, 0.5) is 10.6 Å². The summed E-state index contributed by atoms with van der Waals surface area (Å²) in [7, 11) is 0. The van der Waals surface area contributed by atoms with Crippen LogP contribution in [0.25, 0.3) is 5.65 Å². The highest BCUT2D eigenvalue weighted by Crippen LogP contribution is 2.15. The highest BCUT2D eigenvalue weighted by atomic mass is 16.3. The maximum absolute atomic E-state index is 12.2. The highest BCUT2D eigenvalue weighted by molar-refractivity contribution is 5.74. The molecule has 0 radical (unpaired) electrons. The Bertz CT molecular complexity index is 821. The summed E-state index contributed by atoms with van der Waals surface area (Å²) in [5.74, 6) is 1.63. The zero-order chi connectivity index (χ0) is 16.4. The molecule has 1 N–H and O–H groups in total. The molecule has 1 aliphatic heterocycles. The summed E-state index contributed by atoms with van der Waals surface area (Å²) in [4.78, 5) is 24.5. The molecule has 0 bridgehead atoms. The highest BCUT2D eigenvalue weighted by Gasteiger charge is 2.23. The van der Waals surface area contributed by atoms with Crippen LogP contribution in [0.5, 0.6) is 0 Å². The molecule has 4 rings (SSSR count). The van der Waals surface area contributed by atoms with Gasteiger partial charge in [-0.1, -0.05) is 0 Å². The molecule has 0 aromatic carbocycles. The van der Waals surface area contributed by atoms with E-state index in [2.05, 4.69) is 25.3 Å². The number of amides is 2. The van der Waals surface area contributed by atoms with Crippen LogP contribution < -0.4 is 10.2 Å². The number of hydrogen-bond acceptors (Lipinski definition) is 6. The van der Waals surface area contributed by atoms with Crippen molar-refractivity contribution in [2.45, 2.75) is 6.54 Å². The molecule has 1 saturated heterocycles. The summed E-state index contributed by atoms with van der Waals surface area (Å²) in [6.07, 6.45) is 6.56. The first kappa shape index (κ1) is 14.5. The fourth-order valence-electron chi connectivity index (χ4n) is 2.78. The zero-order valence-corrected chi connectivity index (χ0v) is 13.0. The molecule has 0 spiro atoms. The van der Waals surface area contributed by atoms with Gasteiger partial charge in [-0.2, -0.15) is 9.61 Å². The molecule has 9 heteroatoms. The van der Waals surface area contributed by atoms with E-state index < -0.39 is 0 Å². The van der Waals surface area contributed by atoms with Gasteiger partial charge in [-0.25, -0.2) is 9.78 Å². The first-order valence-corrected chi connectivity index (χ1v) is 7.75. The predicted molar refractivity (Wildman–Crippen MR) is 85.5 cm³/mol. The van der Waals surface area contributed by atoms with E-state index in [-0.39, 0.29) is 6.03 Å². The van der Waals surface area contributed by atoms with E-state index in [0.29, 0.717) is 25.3 Å². The summed E-state index contributed by atoms with van der Waals surface area (Å²) < 4.78 is 6.98. The largest absolute Gasteiger partial charge is 0.467 e. The van der Waals surface area contributed by atoms with Crippen LogP contribution in [0.3, 0.4) is 0 Å². The Balaban J connectivity index is 1.36. The molecule has 1 fully saturated rings. The van der Waals surface area contributed by atoms with Gasteiger partial charge in [-0.15, -0.1) is 0 Å². The van der Waals surface area contributed by atoms with E-state index in [1.165, 1.54) is 6.33 Å². The molecule has 0 atom stereocenters. The van der Waals surface area contributed by atoms with E-state index in [0.717, 1.165) is 24.7 Å². The average Bonchev–Trinajstić information content (AvgIpc) is 3.31. The van der Waals surface area contributed by atoms with Gasteiger partial charge in [0.15, 0.2) is 11.5 Å². The van der Waals surface area contributed by atoms with Crippen LogP contribution in [0.15, 0.2) is 41.5 Å². The number of carbonyl (C=O) groups excluding carboxylic acids is 1. The Morgan fingerprint density at radius 3 is 2.92 bits per heavy atom. The molecule has 0 aliphatic carbocycles. The summed E-state index contributed by atoms with van der Waals surface area (Å²) in [6.45, 7) is 3.10. The molecule has 3 aromatic heterocycles. The average molecular weight is 327 g/mol. The number of fused-ring (bicyclic) bond motifs is 1. The Kier molecular flexibility index (Phi) is 3.73. The first-order chi connectivity index (χ1) is 11.8. The van der Waals surface area contributed by atoms with Crippen LogP contribution in [0.1, 0.15) is 5.76 Å². The molecule has 24 heavy (non-hydrogen) atoms. The Morgan fingerprint density at radius 2 is 2.12 bits per heavy atom. The van der Waals surface area contributed by atoms with E-state index in [4.69, 9.17) is 4.42 Å². The number of nitrogens with zero attached hydrogens (tertiary/aromatic N) is 6. The second-order valence-electron chi connectivity index (χ2n) is 5.51. The number of nitrogens with one attached hydrogen (secondary N) is 1. The molecule has 3 aromatic rings. The van der Waals surface area contributed by atoms with E-state index in [1.54, 1.807) is 34.1 Å². The Labute approximate surface area is 137 Å². The van der Waals surface area contributed by atoms with Crippen molar-refractivity contribution in [2.24, 2.45) is 0 Å². The number of rotatable bonds is 3. The molecular formula is C15H17N7O2. The lowest BCUT2D eigenvalue weighted by Gasteiger charge is -2.35. The van der Waals surface area contributed by atoms with Gasteiger partial charge in [0, 0.05) is 26.2 Å². The van der Waals surface area contributed by atoms with Crippen LogP contribution in [0, 0.1) is 0 Å². The van der Waals surface area contributed by atoms with E-state index >= 15 is 0 Å². The van der Waals surface area contributed by atoms with Gasteiger partial charge in [0.05, 0.1) is 25.2 Å². The van der Waals surface area contributed by atoms with Crippen LogP contribution in [-0.2, 0) is 6.54 Å². The van der Waals surface area contributed by atoms with Crippen molar-refractivity contribution in [2.75, 3.05) is 31.1 Å². The molecule has 0 saturated carbocycles. The van der Waals surface area contributed by atoms with Crippen molar-refractivity contribution in [1.82, 2.24) is 29.8 Å². The third kappa shape index (κ3) is 2.75. The second kappa shape index (κ2) is 6.19. The normalized spacial score (nSPS) is 15.0. The van der Waals surface area contributed by atoms with Crippen molar-refractivity contribution in [3.05, 3.63) is 42.9 Å². The minimum Gasteiger partial charge on any atom is -0.467 e. The van der Waals surface area contributed by atoms with Gasteiger partial charge >= 0.3 is 6.03 Å². The topological polar surface area (TPSA) is 91.8 Å². The minimum absolute atomic E-state index is 0.0804.